The molecule has 1 fully saturated rings. The van der Waals surface area contributed by atoms with E-state index in [4.69, 9.17) is 9.84 Å². The first-order chi connectivity index (χ1) is 15.7. The number of alkyl halides is 1. The van der Waals surface area contributed by atoms with Gasteiger partial charge in [-0.1, -0.05) is 6.07 Å². The van der Waals surface area contributed by atoms with Gasteiger partial charge < -0.3 is 14.4 Å². The van der Waals surface area contributed by atoms with Gasteiger partial charge in [-0.3, -0.25) is 14.5 Å². The number of rotatable bonds is 6. The summed E-state index contributed by atoms with van der Waals surface area (Å²) in [4.78, 5) is 30.0. The van der Waals surface area contributed by atoms with E-state index >= 15 is 0 Å². The Hall–Kier alpha value is -3.29. The maximum atomic E-state index is 14.7. The lowest BCUT2D eigenvalue weighted by atomic mass is 9.87. The number of methoxy groups -OCH3 is 1. The summed E-state index contributed by atoms with van der Waals surface area (Å²) in [5.74, 6) is 0.210. The van der Waals surface area contributed by atoms with Gasteiger partial charge in [-0.05, 0) is 51.7 Å². The van der Waals surface area contributed by atoms with Crippen molar-refractivity contribution in [3.8, 4) is 5.75 Å². The monoisotopic (exact) mass is 452 g/mol. The van der Waals surface area contributed by atoms with Gasteiger partial charge in [0.2, 0.25) is 0 Å². The molecular weight excluding hydrogens is 423 g/mol. The zero-order valence-electron chi connectivity index (χ0n) is 19.4. The lowest BCUT2D eigenvalue weighted by molar-refractivity contribution is -0.112. The molecule has 0 spiro atoms. The molecule has 7 nitrogen and oxygen atoms in total. The number of halogens is 1. The van der Waals surface area contributed by atoms with Crippen LogP contribution in [-0.2, 0) is 10.5 Å². The minimum absolute atomic E-state index is 0.0669. The van der Waals surface area contributed by atoms with Gasteiger partial charge in [-0.2, -0.15) is 5.10 Å². The Kier molecular flexibility index (Phi) is 6.19. The van der Waals surface area contributed by atoms with Gasteiger partial charge in [-0.25, -0.2) is 4.39 Å². The van der Waals surface area contributed by atoms with Crippen molar-refractivity contribution in [2.45, 2.75) is 51.2 Å². The van der Waals surface area contributed by atoms with Crippen LogP contribution in [0.3, 0.4) is 0 Å². The zero-order chi connectivity index (χ0) is 23.8. The lowest BCUT2D eigenvalue weighted by Crippen LogP contribution is -2.30. The molecule has 0 saturated heterocycles. The molecule has 174 valence electrons. The summed E-state index contributed by atoms with van der Waals surface area (Å²) in [5, 5.41) is 5.60. The highest BCUT2D eigenvalue weighted by molar-refractivity contribution is 6.07. The molecule has 3 aromatic rings. The van der Waals surface area contributed by atoms with Gasteiger partial charge in [-0.15, -0.1) is 0 Å². The number of ether oxygens (including phenoxy) is 1. The Morgan fingerprint density at radius 1 is 1.27 bits per heavy atom. The molecule has 1 aromatic carbocycles. The van der Waals surface area contributed by atoms with Crippen molar-refractivity contribution in [1.29, 1.82) is 0 Å². The number of benzene rings is 1. The van der Waals surface area contributed by atoms with E-state index in [1.54, 1.807) is 25.2 Å². The quantitative estimate of drug-likeness (QED) is 0.500. The molecule has 1 saturated carbocycles. The first kappa shape index (κ1) is 22.9. The molecule has 0 bridgehead atoms. The Morgan fingerprint density at radius 3 is 2.64 bits per heavy atom. The van der Waals surface area contributed by atoms with Crippen LogP contribution in [0, 0.1) is 5.92 Å². The highest BCUT2D eigenvalue weighted by atomic mass is 19.1. The highest BCUT2D eigenvalue weighted by Gasteiger charge is 2.29. The number of amides is 1. The number of nitrogens with zero attached hydrogens (tertiary/aromatic N) is 4. The van der Waals surface area contributed by atoms with Crippen molar-refractivity contribution in [2.75, 3.05) is 19.1 Å². The molecule has 33 heavy (non-hydrogen) atoms. The molecule has 4 rings (SSSR count). The molecular formula is C25H29FN4O3. The minimum atomic E-state index is -1.71. The number of carbonyl (C=O) groups is 2. The Balaban J connectivity index is 1.68. The molecule has 0 aliphatic heterocycles. The normalized spacial score (nSPS) is 18.8. The SMILES string of the molecule is COc1cc2nn(C3CCC(C=O)CC3)cc2cc1N(C)C(=O)c1ncccc1C(C)(C)F. The van der Waals surface area contributed by atoms with Crippen molar-refractivity contribution in [3.63, 3.8) is 0 Å². The summed E-state index contributed by atoms with van der Waals surface area (Å²) in [6, 6.07) is 7.11. The second-order valence-corrected chi connectivity index (χ2v) is 9.13. The molecule has 0 radical (unpaired) electrons. The van der Waals surface area contributed by atoms with Crippen molar-refractivity contribution >= 4 is 28.8 Å². The summed E-state index contributed by atoms with van der Waals surface area (Å²) in [7, 11) is 3.17. The summed E-state index contributed by atoms with van der Waals surface area (Å²) in [6.45, 7) is 2.81. The smallest absolute Gasteiger partial charge is 0.277 e. The fourth-order valence-electron chi connectivity index (χ4n) is 4.50. The molecule has 0 unspecified atom stereocenters. The summed E-state index contributed by atoms with van der Waals surface area (Å²) in [5.41, 5.74) is -0.0965. The third-order valence-corrected chi connectivity index (χ3v) is 6.45. The number of fused-ring (bicyclic) bond motifs is 1. The van der Waals surface area contributed by atoms with Crippen molar-refractivity contribution in [3.05, 3.63) is 47.9 Å². The summed E-state index contributed by atoms with van der Waals surface area (Å²) in [6.07, 6.45) is 8.06. The molecule has 2 heterocycles. The Labute approximate surface area is 192 Å². The van der Waals surface area contributed by atoms with Crippen LogP contribution in [0.15, 0.2) is 36.7 Å². The number of hydrogen-bond donors (Lipinski definition) is 0. The van der Waals surface area contributed by atoms with Crippen molar-refractivity contribution < 1.29 is 18.7 Å². The van der Waals surface area contributed by atoms with E-state index in [1.165, 1.54) is 32.1 Å². The molecule has 1 aliphatic carbocycles. The van der Waals surface area contributed by atoms with Crippen LogP contribution in [0.1, 0.15) is 61.6 Å². The third kappa shape index (κ3) is 4.47. The average molecular weight is 453 g/mol. The van der Waals surface area contributed by atoms with Crippen LogP contribution >= 0.6 is 0 Å². The first-order valence-corrected chi connectivity index (χ1v) is 11.2. The van der Waals surface area contributed by atoms with E-state index in [9.17, 15) is 14.0 Å². The third-order valence-electron chi connectivity index (χ3n) is 6.45. The topological polar surface area (TPSA) is 77.3 Å². The van der Waals surface area contributed by atoms with E-state index in [1.807, 2.05) is 16.9 Å². The molecule has 1 amide bonds. The van der Waals surface area contributed by atoms with E-state index in [0.717, 1.165) is 42.9 Å². The number of anilines is 1. The van der Waals surface area contributed by atoms with Gasteiger partial charge in [0.25, 0.3) is 5.91 Å². The van der Waals surface area contributed by atoms with Crippen LogP contribution < -0.4 is 9.64 Å². The van der Waals surface area contributed by atoms with E-state index in [0.29, 0.717) is 11.4 Å². The van der Waals surface area contributed by atoms with Crippen molar-refractivity contribution in [2.24, 2.45) is 5.92 Å². The van der Waals surface area contributed by atoms with Crippen molar-refractivity contribution in [1.82, 2.24) is 14.8 Å². The standard InChI is InChI=1S/C25H29FN4O3/c1-25(2,26)19-6-5-11-27-23(19)24(32)29(3)21-12-17-14-30(28-20(17)13-22(21)33-4)18-9-7-16(15-31)8-10-18/h5-6,11-16,18H,7-10H2,1-4H3. The number of aldehydes is 1. The fourth-order valence-corrected chi connectivity index (χ4v) is 4.50. The molecule has 0 N–H and O–H groups in total. The van der Waals surface area contributed by atoms with Crippen LogP contribution in [0.2, 0.25) is 0 Å². The number of pyridine rings is 1. The van der Waals surface area contributed by atoms with Crippen LogP contribution in [0.4, 0.5) is 10.1 Å². The van der Waals surface area contributed by atoms with Crippen LogP contribution in [0.25, 0.3) is 10.9 Å². The molecule has 1 aliphatic rings. The van der Waals surface area contributed by atoms with Gasteiger partial charge >= 0.3 is 0 Å². The fraction of sp³-hybridized carbons (Fsp3) is 0.440. The maximum absolute atomic E-state index is 14.7. The molecule has 0 atom stereocenters. The largest absolute Gasteiger partial charge is 0.494 e. The molecule has 2 aromatic heterocycles. The Bertz CT molecular complexity index is 1180. The Morgan fingerprint density at radius 2 is 2.00 bits per heavy atom. The van der Waals surface area contributed by atoms with Gasteiger partial charge in [0.1, 0.15) is 23.4 Å². The number of hydrogen-bond acceptors (Lipinski definition) is 5. The average Bonchev–Trinajstić information content (AvgIpc) is 3.24. The van der Waals surface area contributed by atoms with Crippen LogP contribution in [0.5, 0.6) is 5.75 Å². The van der Waals surface area contributed by atoms with Gasteiger partial charge in [0.05, 0.1) is 24.4 Å². The van der Waals surface area contributed by atoms with Gasteiger partial charge in [0.15, 0.2) is 0 Å². The summed E-state index contributed by atoms with van der Waals surface area (Å²) >= 11 is 0. The summed E-state index contributed by atoms with van der Waals surface area (Å²) < 4.78 is 22.2. The molecule has 8 heteroatoms. The lowest BCUT2D eigenvalue weighted by Gasteiger charge is -2.25. The van der Waals surface area contributed by atoms with Gasteiger partial charge in [0, 0.05) is 42.4 Å². The number of aromatic nitrogens is 3. The second kappa shape index (κ2) is 8.92. The van der Waals surface area contributed by atoms with E-state index in [-0.39, 0.29) is 23.2 Å². The number of carbonyl (C=O) groups excluding carboxylic acids is 2. The predicted octanol–water partition coefficient (Wildman–Crippen LogP) is 4.85. The van der Waals surface area contributed by atoms with Crippen LogP contribution in [-0.4, -0.2) is 41.1 Å². The van der Waals surface area contributed by atoms with E-state index < -0.39 is 11.6 Å². The maximum Gasteiger partial charge on any atom is 0.277 e. The predicted molar refractivity (Wildman–Crippen MR) is 124 cm³/mol. The second-order valence-electron chi connectivity index (χ2n) is 9.13. The first-order valence-electron chi connectivity index (χ1n) is 11.2. The van der Waals surface area contributed by atoms with E-state index in [2.05, 4.69) is 4.98 Å². The highest BCUT2D eigenvalue weighted by Crippen LogP contribution is 2.36. The zero-order valence-corrected chi connectivity index (χ0v) is 19.4. The minimum Gasteiger partial charge on any atom is -0.494 e.